The Kier molecular flexibility index (Phi) is 1.92. The average Bonchev–Trinajstić information content (AvgIpc) is 2.17. The Morgan fingerprint density at radius 3 is 3.08 bits per heavy atom. The van der Waals surface area contributed by atoms with Crippen molar-refractivity contribution in [2.45, 2.75) is 12.5 Å². The summed E-state index contributed by atoms with van der Waals surface area (Å²) >= 11 is 0. The summed E-state index contributed by atoms with van der Waals surface area (Å²) in [7, 11) is 0. The summed E-state index contributed by atoms with van der Waals surface area (Å²) in [6.45, 7) is 0.653. The zero-order chi connectivity index (χ0) is 8.39. The van der Waals surface area contributed by atoms with Crippen LogP contribution in [0.5, 0.6) is 0 Å². The van der Waals surface area contributed by atoms with E-state index < -0.39 is 0 Å². The molecule has 0 aliphatic carbocycles. The maximum atomic E-state index is 10.6. The molecule has 1 heterocycles. The second-order valence-corrected chi connectivity index (χ2v) is 2.88. The third-order valence-corrected chi connectivity index (χ3v) is 2.15. The normalized spacial score (nSPS) is 21.5. The van der Waals surface area contributed by atoms with E-state index >= 15 is 0 Å². The van der Waals surface area contributed by atoms with Crippen LogP contribution in [0.4, 0.5) is 0 Å². The van der Waals surface area contributed by atoms with Gasteiger partial charge in [-0.2, -0.15) is 0 Å². The average molecular weight is 162 g/mol. The Balaban J connectivity index is 2.43. The largest absolute Gasteiger partial charge is 0.366 e. The number of hydrogen-bond acceptors (Lipinski definition) is 2. The van der Waals surface area contributed by atoms with Crippen molar-refractivity contribution < 1.29 is 9.53 Å². The van der Waals surface area contributed by atoms with Crippen molar-refractivity contribution in [3.8, 4) is 0 Å². The van der Waals surface area contributed by atoms with Crippen molar-refractivity contribution in [2.75, 3.05) is 6.61 Å². The van der Waals surface area contributed by atoms with Gasteiger partial charge in [-0.15, -0.1) is 0 Å². The predicted octanol–water partition coefficient (Wildman–Crippen LogP) is 1.50. The van der Waals surface area contributed by atoms with Crippen LogP contribution < -0.4 is 0 Å². The highest BCUT2D eigenvalue weighted by molar-refractivity contribution is 5.61. The zero-order valence-corrected chi connectivity index (χ0v) is 6.69. The van der Waals surface area contributed by atoms with Crippen LogP contribution in [0.25, 0.3) is 0 Å². The number of carbonyl (C=O) groups is 1. The highest BCUT2D eigenvalue weighted by atomic mass is 16.5. The van der Waals surface area contributed by atoms with E-state index in [9.17, 15) is 4.79 Å². The van der Waals surface area contributed by atoms with Gasteiger partial charge in [0, 0.05) is 0 Å². The third kappa shape index (κ3) is 1.14. The summed E-state index contributed by atoms with van der Waals surface area (Å²) < 4.78 is 5.29. The van der Waals surface area contributed by atoms with Crippen LogP contribution >= 0.6 is 0 Å². The molecule has 2 nitrogen and oxygen atoms in total. The molecule has 1 aliphatic rings. The molecule has 62 valence electrons. The maximum Gasteiger partial charge on any atom is 0.153 e. The summed E-state index contributed by atoms with van der Waals surface area (Å²) in [5.74, 6) is 0. The lowest BCUT2D eigenvalue weighted by atomic mass is 9.98. The molecule has 0 saturated heterocycles. The van der Waals surface area contributed by atoms with Crippen molar-refractivity contribution in [1.82, 2.24) is 0 Å². The number of aldehydes is 1. The molecule has 0 fully saturated rings. The molecule has 0 amide bonds. The Bertz CT molecular complexity index is 294. The van der Waals surface area contributed by atoms with Gasteiger partial charge >= 0.3 is 0 Å². The molecular formula is C10H10O2. The highest BCUT2D eigenvalue weighted by Gasteiger charge is 2.18. The molecule has 1 aromatic carbocycles. The number of rotatable bonds is 1. The third-order valence-electron chi connectivity index (χ3n) is 2.15. The fourth-order valence-electron chi connectivity index (χ4n) is 1.54. The number of ether oxygens (including phenoxy) is 1. The van der Waals surface area contributed by atoms with Gasteiger partial charge in [0.15, 0.2) is 6.29 Å². The van der Waals surface area contributed by atoms with Crippen molar-refractivity contribution in [3.63, 3.8) is 0 Å². The molecule has 0 aromatic heterocycles. The molecule has 1 aromatic rings. The topological polar surface area (TPSA) is 26.3 Å². The van der Waals surface area contributed by atoms with Gasteiger partial charge in [0.1, 0.15) is 6.10 Å². The number of fused-ring (bicyclic) bond motifs is 1. The van der Waals surface area contributed by atoms with Crippen molar-refractivity contribution in [2.24, 2.45) is 0 Å². The van der Waals surface area contributed by atoms with Crippen molar-refractivity contribution >= 4 is 6.29 Å². The van der Waals surface area contributed by atoms with Gasteiger partial charge in [-0.05, 0) is 17.5 Å². The van der Waals surface area contributed by atoms with Gasteiger partial charge < -0.3 is 9.53 Å². The van der Waals surface area contributed by atoms with Gasteiger partial charge in [-0.3, -0.25) is 0 Å². The van der Waals surface area contributed by atoms with E-state index in [1.165, 1.54) is 5.56 Å². The molecule has 1 atom stereocenters. The standard InChI is InChI=1S/C10H10O2/c11-7-10-9-4-2-1-3-8(9)5-6-12-10/h1-4,7,10H,5-6H2. The number of hydrogen-bond donors (Lipinski definition) is 0. The smallest absolute Gasteiger partial charge is 0.153 e. The van der Waals surface area contributed by atoms with E-state index in [4.69, 9.17) is 4.74 Å². The molecule has 2 heteroatoms. The fourth-order valence-corrected chi connectivity index (χ4v) is 1.54. The molecule has 0 N–H and O–H groups in total. The van der Waals surface area contributed by atoms with Crippen LogP contribution in [0.2, 0.25) is 0 Å². The first kappa shape index (κ1) is 7.50. The second-order valence-electron chi connectivity index (χ2n) is 2.88. The van der Waals surface area contributed by atoms with E-state index in [2.05, 4.69) is 0 Å². The SMILES string of the molecule is O=CC1OCCc2ccccc21. The first-order valence-corrected chi connectivity index (χ1v) is 4.06. The van der Waals surface area contributed by atoms with Gasteiger partial charge in [0.25, 0.3) is 0 Å². The minimum absolute atomic E-state index is 0.338. The molecule has 2 rings (SSSR count). The summed E-state index contributed by atoms with van der Waals surface area (Å²) in [5, 5.41) is 0. The predicted molar refractivity (Wildman–Crippen MR) is 44.9 cm³/mol. The Hall–Kier alpha value is -1.15. The monoisotopic (exact) mass is 162 g/mol. The number of benzene rings is 1. The first-order chi connectivity index (χ1) is 5.92. The van der Waals surface area contributed by atoms with Crippen molar-refractivity contribution in [1.29, 1.82) is 0 Å². The van der Waals surface area contributed by atoms with Crippen molar-refractivity contribution in [3.05, 3.63) is 35.4 Å². The van der Waals surface area contributed by atoms with Crippen LogP contribution in [0.1, 0.15) is 17.2 Å². The van der Waals surface area contributed by atoms with Crippen LogP contribution in [-0.4, -0.2) is 12.9 Å². The molecular weight excluding hydrogens is 152 g/mol. The van der Waals surface area contributed by atoms with Gasteiger partial charge in [0.2, 0.25) is 0 Å². The molecule has 0 radical (unpaired) electrons. The zero-order valence-electron chi connectivity index (χ0n) is 6.69. The second kappa shape index (κ2) is 3.07. The lowest BCUT2D eigenvalue weighted by molar-refractivity contribution is -0.119. The van der Waals surface area contributed by atoms with E-state index in [-0.39, 0.29) is 6.10 Å². The fraction of sp³-hybridized carbons (Fsp3) is 0.300. The van der Waals surface area contributed by atoms with Crippen LogP contribution in [-0.2, 0) is 16.0 Å². The van der Waals surface area contributed by atoms with E-state index in [1.807, 2.05) is 24.3 Å². The van der Waals surface area contributed by atoms with Crippen LogP contribution in [0, 0.1) is 0 Å². The lowest BCUT2D eigenvalue weighted by Gasteiger charge is -2.21. The van der Waals surface area contributed by atoms with Gasteiger partial charge in [-0.25, -0.2) is 0 Å². The van der Waals surface area contributed by atoms with Crippen LogP contribution in [0.15, 0.2) is 24.3 Å². The number of carbonyl (C=O) groups excluding carboxylic acids is 1. The first-order valence-electron chi connectivity index (χ1n) is 4.06. The van der Waals surface area contributed by atoms with Gasteiger partial charge in [-0.1, -0.05) is 24.3 Å². The quantitative estimate of drug-likeness (QED) is 0.585. The van der Waals surface area contributed by atoms with Gasteiger partial charge in [0.05, 0.1) is 6.61 Å². The summed E-state index contributed by atoms with van der Waals surface area (Å²) in [6, 6.07) is 7.93. The minimum Gasteiger partial charge on any atom is -0.366 e. The summed E-state index contributed by atoms with van der Waals surface area (Å²) in [4.78, 5) is 10.6. The molecule has 1 aliphatic heterocycles. The Morgan fingerprint density at radius 1 is 1.42 bits per heavy atom. The Morgan fingerprint density at radius 2 is 2.25 bits per heavy atom. The maximum absolute atomic E-state index is 10.6. The molecule has 12 heavy (non-hydrogen) atoms. The Labute approximate surface area is 71.2 Å². The van der Waals surface area contributed by atoms with Crippen LogP contribution in [0.3, 0.4) is 0 Å². The highest BCUT2D eigenvalue weighted by Crippen LogP contribution is 2.24. The minimum atomic E-state index is -0.338. The molecule has 0 saturated carbocycles. The summed E-state index contributed by atoms with van der Waals surface area (Å²) in [6.07, 6.45) is 1.44. The molecule has 0 spiro atoms. The molecule has 0 bridgehead atoms. The molecule has 1 unspecified atom stereocenters. The van der Waals surface area contributed by atoms with E-state index in [1.54, 1.807) is 0 Å². The summed E-state index contributed by atoms with van der Waals surface area (Å²) in [5.41, 5.74) is 2.26. The van der Waals surface area contributed by atoms with E-state index in [0.717, 1.165) is 18.3 Å². The lowest BCUT2D eigenvalue weighted by Crippen LogP contribution is -2.16. The van der Waals surface area contributed by atoms with E-state index in [0.29, 0.717) is 6.61 Å².